The lowest BCUT2D eigenvalue weighted by Crippen LogP contribution is -2.47. The summed E-state index contributed by atoms with van der Waals surface area (Å²) in [5.41, 5.74) is 1.27. The number of morpholine rings is 1. The van der Waals surface area contributed by atoms with Crippen LogP contribution in [0.15, 0.2) is 6.07 Å². The van der Waals surface area contributed by atoms with Gasteiger partial charge in [0.15, 0.2) is 0 Å². The summed E-state index contributed by atoms with van der Waals surface area (Å²) < 4.78 is 5.42. The number of aryl methyl sites for hydroxylation is 1. The molecule has 0 aromatic carbocycles. The van der Waals surface area contributed by atoms with Gasteiger partial charge in [0.2, 0.25) is 5.95 Å². The minimum Gasteiger partial charge on any atom is -0.483 e. The highest BCUT2D eigenvalue weighted by Gasteiger charge is 2.35. The molecule has 1 saturated heterocycles. The Labute approximate surface area is 171 Å². The van der Waals surface area contributed by atoms with Gasteiger partial charge in [-0.1, -0.05) is 12.8 Å². The summed E-state index contributed by atoms with van der Waals surface area (Å²) in [6.45, 7) is 5.72. The maximum Gasteiger partial charge on any atom is 0.290 e. The van der Waals surface area contributed by atoms with Crippen LogP contribution >= 0.6 is 0 Å². The molecule has 2 heterocycles. The fraction of sp³-hybridized carbons (Fsp3) is 0.684. The van der Waals surface area contributed by atoms with Crippen molar-refractivity contribution >= 4 is 24.7 Å². The molecule has 0 spiro atoms. The number of rotatable bonds is 5. The molecule has 1 saturated carbocycles. The van der Waals surface area contributed by atoms with E-state index in [2.05, 4.69) is 34.2 Å². The van der Waals surface area contributed by atoms with Crippen molar-refractivity contribution in [1.82, 2.24) is 14.9 Å². The third-order valence-corrected chi connectivity index (χ3v) is 5.22. The van der Waals surface area contributed by atoms with Gasteiger partial charge in [-0.3, -0.25) is 9.59 Å². The Bertz CT molecular complexity index is 611. The fourth-order valence-corrected chi connectivity index (χ4v) is 3.62. The molecule has 0 bridgehead atoms. The summed E-state index contributed by atoms with van der Waals surface area (Å²) >= 11 is 0. The highest BCUT2D eigenvalue weighted by atomic mass is 16.5. The third-order valence-electron chi connectivity index (χ3n) is 5.22. The summed E-state index contributed by atoms with van der Waals surface area (Å²) in [6.07, 6.45) is 5.16. The van der Waals surface area contributed by atoms with Crippen LogP contribution in [-0.2, 0) is 14.3 Å². The van der Waals surface area contributed by atoms with Gasteiger partial charge in [-0.15, -0.1) is 0 Å². The molecule has 1 aromatic heterocycles. The molecule has 2 aliphatic rings. The molecule has 3 N–H and O–H groups in total. The van der Waals surface area contributed by atoms with Crippen molar-refractivity contribution in [3.63, 3.8) is 0 Å². The second kappa shape index (κ2) is 12.9. The Morgan fingerprint density at radius 3 is 2.24 bits per heavy atom. The van der Waals surface area contributed by atoms with Gasteiger partial charge in [0.25, 0.3) is 12.9 Å². The van der Waals surface area contributed by atoms with E-state index in [-0.39, 0.29) is 18.5 Å². The lowest BCUT2D eigenvalue weighted by Gasteiger charge is -2.36. The second-order valence-electron chi connectivity index (χ2n) is 7.18. The van der Waals surface area contributed by atoms with Crippen LogP contribution in [0.1, 0.15) is 31.4 Å². The SMILES string of the molecule is Cc1cc(NCC2(N(C)C)CCCC2)nc(N2CCOCC2)n1.O=CO.O=CO. The fourth-order valence-electron chi connectivity index (χ4n) is 3.62. The summed E-state index contributed by atoms with van der Waals surface area (Å²) in [7, 11) is 4.38. The van der Waals surface area contributed by atoms with Crippen LogP contribution < -0.4 is 10.2 Å². The van der Waals surface area contributed by atoms with Crippen molar-refractivity contribution in [3.05, 3.63) is 11.8 Å². The van der Waals surface area contributed by atoms with Crippen molar-refractivity contribution in [2.45, 2.75) is 38.1 Å². The minimum absolute atomic E-state index is 0.250. The molecule has 0 radical (unpaired) electrons. The van der Waals surface area contributed by atoms with Crippen LogP contribution in [0.2, 0.25) is 0 Å². The molecule has 1 aliphatic carbocycles. The summed E-state index contributed by atoms with van der Waals surface area (Å²) in [5, 5.41) is 17.4. The lowest BCUT2D eigenvalue weighted by molar-refractivity contribution is -0.123. The third kappa shape index (κ3) is 7.82. The van der Waals surface area contributed by atoms with Gasteiger partial charge in [0.05, 0.1) is 13.2 Å². The van der Waals surface area contributed by atoms with E-state index in [1.807, 2.05) is 13.0 Å². The van der Waals surface area contributed by atoms with Crippen molar-refractivity contribution in [2.75, 3.05) is 57.2 Å². The largest absolute Gasteiger partial charge is 0.483 e. The van der Waals surface area contributed by atoms with E-state index >= 15 is 0 Å². The van der Waals surface area contributed by atoms with Crippen molar-refractivity contribution in [3.8, 4) is 0 Å². The van der Waals surface area contributed by atoms with E-state index in [4.69, 9.17) is 29.5 Å². The average molecular weight is 412 g/mol. The number of carbonyl (C=O) groups is 2. The van der Waals surface area contributed by atoms with Crippen LogP contribution in [-0.4, -0.2) is 90.5 Å². The Balaban J connectivity index is 0.000000626. The van der Waals surface area contributed by atoms with Gasteiger partial charge in [-0.05, 0) is 33.9 Å². The maximum atomic E-state index is 8.36. The average Bonchev–Trinajstić information content (AvgIpc) is 3.18. The van der Waals surface area contributed by atoms with Crippen LogP contribution in [0, 0.1) is 6.92 Å². The van der Waals surface area contributed by atoms with Crippen LogP contribution in [0.3, 0.4) is 0 Å². The Hall–Kier alpha value is -2.46. The van der Waals surface area contributed by atoms with Gasteiger partial charge in [-0.2, -0.15) is 4.98 Å². The molecule has 10 nitrogen and oxygen atoms in total. The summed E-state index contributed by atoms with van der Waals surface area (Å²) in [5.74, 6) is 1.76. The number of anilines is 2. The normalized spacial score (nSPS) is 17.4. The molecule has 164 valence electrons. The van der Waals surface area contributed by atoms with Crippen LogP contribution in [0.25, 0.3) is 0 Å². The molecule has 29 heavy (non-hydrogen) atoms. The Morgan fingerprint density at radius 2 is 1.72 bits per heavy atom. The van der Waals surface area contributed by atoms with Crippen molar-refractivity contribution in [2.24, 2.45) is 0 Å². The monoisotopic (exact) mass is 411 g/mol. The zero-order valence-electron chi connectivity index (χ0n) is 17.5. The zero-order chi connectivity index (χ0) is 21.7. The number of hydrogen-bond donors (Lipinski definition) is 3. The molecular formula is C19H33N5O5. The molecule has 0 unspecified atom stereocenters. The zero-order valence-corrected chi connectivity index (χ0v) is 17.5. The molecule has 2 fully saturated rings. The first kappa shape index (κ1) is 24.6. The van der Waals surface area contributed by atoms with E-state index in [1.165, 1.54) is 25.7 Å². The van der Waals surface area contributed by atoms with Gasteiger partial charge in [0.1, 0.15) is 5.82 Å². The van der Waals surface area contributed by atoms with E-state index in [0.29, 0.717) is 0 Å². The molecule has 1 aromatic rings. The van der Waals surface area contributed by atoms with Gasteiger partial charge in [-0.25, -0.2) is 4.98 Å². The Morgan fingerprint density at radius 1 is 1.17 bits per heavy atom. The van der Waals surface area contributed by atoms with E-state index in [1.54, 1.807) is 0 Å². The van der Waals surface area contributed by atoms with Crippen molar-refractivity contribution < 1.29 is 24.5 Å². The number of hydrogen-bond acceptors (Lipinski definition) is 8. The number of ether oxygens (including phenoxy) is 1. The van der Waals surface area contributed by atoms with E-state index < -0.39 is 0 Å². The molecule has 0 amide bonds. The second-order valence-corrected chi connectivity index (χ2v) is 7.18. The molecule has 10 heteroatoms. The quantitative estimate of drug-likeness (QED) is 0.610. The Kier molecular flexibility index (Phi) is 10.9. The van der Waals surface area contributed by atoms with Crippen LogP contribution in [0.4, 0.5) is 11.8 Å². The van der Waals surface area contributed by atoms with E-state index in [9.17, 15) is 0 Å². The number of likely N-dealkylation sites (N-methyl/N-ethyl adjacent to an activating group) is 1. The predicted octanol–water partition coefficient (Wildman–Crippen LogP) is 1.31. The number of nitrogens with zero attached hydrogens (tertiary/aromatic N) is 4. The predicted molar refractivity (Wildman–Crippen MR) is 111 cm³/mol. The topological polar surface area (TPSA) is 128 Å². The molecular weight excluding hydrogens is 378 g/mol. The number of aromatic nitrogens is 2. The number of carboxylic acid groups (broad SMARTS) is 2. The summed E-state index contributed by atoms with van der Waals surface area (Å²) in [6, 6.07) is 2.04. The minimum atomic E-state index is -0.250. The van der Waals surface area contributed by atoms with Gasteiger partial charge < -0.3 is 30.1 Å². The van der Waals surface area contributed by atoms with Gasteiger partial charge >= 0.3 is 0 Å². The maximum absolute atomic E-state index is 8.36. The molecule has 0 atom stereocenters. The van der Waals surface area contributed by atoms with E-state index in [0.717, 1.165) is 50.3 Å². The standard InChI is InChI=1S/C17H29N5O.2CH2O2/c1-14-12-15(18-13-17(21(2)3)6-4-5-7-17)20-16(19-14)22-8-10-23-11-9-22;2*2-1-3/h12H,4-11,13H2,1-3H3,(H,18,19,20);2*1H,(H,2,3). The number of nitrogens with one attached hydrogen (secondary N) is 1. The van der Waals surface area contributed by atoms with Crippen molar-refractivity contribution in [1.29, 1.82) is 0 Å². The lowest BCUT2D eigenvalue weighted by atomic mass is 9.96. The first-order chi connectivity index (χ1) is 13.9. The highest BCUT2D eigenvalue weighted by Crippen LogP contribution is 2.33. The smallest absolute Gasteiger partial charge is 0.290 e. The van der Waals surface area contributed by atoms with Crippen LogP contribution in [0.5, 0.6) is 0 Å². The highest BCUT2D eigenvalue weighted by molar-refractivity contribution is 5.44. The van der Waals surface area contributed by atoms with Gasteiger partial charge in [0, 0.05) is 36.9 Å². The molecule has 3 rings (SSSR count). The molecule has 1 aliphatic heterocycles. The first-order valence-corrected chi connectivity index (χ1v) is 9.68. The summed E-state index contributed by atoms with van der Waals surface area (Å²) in [4.78, 5) is 30.6. The first-order valence-electron chi connectivity index (χ1n) is 9.68.